The summed E-state index contributed by atoms with van der Waals surface area (Å²) in [6.07, 6.45) is 2.14. The first-order chi connectivity index (χ1) is 6.24. The van der Waals surface area contributed by atoms with Crippen molar-refractivity contribution in [2.75, 3.05) is 33.2 Å². The molecule has 0 aliphatic carbocycles. The lowest BCUT2D eigenvalue weighted by molar-refractivity contribution is -0.126. The van der Waals surface area contributed by atoms with Gasteiger partial charge in [0.2, 0.25) is 5.91 Å². The fourth-order valence-corrected chi connectivity index (χ4v) is 1.72. The van der Waals surface area contributed by atoms with Gasteiger partial charge in [-0.1, -0.05) is 0 Å². The largest absolute Gasteiger partial charge is 0.355 e. The molecule has 0 spiro atoms. The summed E-state index contributed by atoms with van der Waals surface area (Å²) in [7, 11) is 2.06. The molecule has 0 aromatic rings. The molecule has 13 heavy (non-hydrogen) atoms. The number of likely N-dealkylation sites (tertiary alicyclic amines) is 1. The Bertz CT molecular complexity index is 172. The van der Waals surface area contributed by atoms with E-state index in [1.807, 2.05) is 0 Å². The first kappa shape index (κ1) is 10.5. The maximum Gasteiger partial charge on any atom is 0.224 e. The Labute approximate surface area is 79.5 Å². The SMILES string of the molecule is CN1CCCC(C(=O)NCCN)C1. The van der Waals surface area contributed by atoms with Crippen LogP contribution in [-0.4, -0.2) is 44.0 Å². The van der Waals surface area contributed by atoms with E-state index in [4.69, 9.17) is 5.73 Å². The van der Waals surface area contributed by atoms with Crippen LogP contribution in [-0.2, 0) is 4.79 Å². The predicted octanol–water partition coefficient (Wildman–Crippen LogP) is -0.597. The molecule has 0 aromatic carbocycles. The summed E-state index contributed by atoms with van der Waals surface area (Å²) in [5.41, 5.74) is 5.31. The van der Waals surface area contributed by atoms with E-state index < -0.39 is 0 Å². The monoisotopic (exact) mass is 185 g/mol. The molecule has 1 fully saturated rings. The van der Waals surface area contributed by atoms with Crippen LogP contribution in [0.2, 0.25) is 0 Å². The van der Waals surface area contributed by atoms with Crippen LogP contribution >= 0.6 is 0 Å². The zero-order valence-corrected chi connectivity index (χ0v) is 8.25. The predicted molar refractivity (Wildman–Crippen MR) is 52.3 cm³/mol. The molecule has 1 heterocycles. The van der Waals surface area contributed by atoms with Crippen LogP contribution in [0, 0.1) is 5.92 Å². The van der Waals surface area contributed by atoms with Crippen molar-refractivity contribution in [3.63, 3.8) is 0 Å². The highest BCUT2D eigenvalue weighted by atomic mass is 16.1. The second-order valence-electron chi connectivity index (χ2n) is 3.68. The molecule has 1 aliphatic rings. The molecular formula is C9H19N3O. The third-order valence-corrected chi connectivity index (χ3v) is 2.44. The summed E-state index contributed by atoms with van der Waals surface area (Å²) in [5, 5.41) is 2.83. The van der Waals surface area contributed by atoms with Gasteiger partial charge >= 0.3 is 0 Å². The second kappa shape index (κ2) is 5.19. The lowest BCUT2D eigenvalue weighted by Gasteiger charge is -2.28. The molecule has 0 aromatic heterocycles. The topological polar surface area (TPSA) is 58.4 Å². The average Bonchev–Trinajstić information content (AvgIpc) is 2.14. The van der Waals surface area contributed by atoms with Crippen molar-refractivity contribution in [1.29, 1.82) is 0 Å². The van der Waals surface area contributed by atoms with Gasteiger partial charge in [-0.25, -0.2) is 0 Å². The van der Waals surface area contributed by atoms with Crippen LogP contribution in [0.5, 0.6) is 0 Å². The quantitative estimate of drug-likeness (QED) is 0.617. The summed E-state index contributed by atoms with van der Waals surface area (Å²) >= 11 is 0. The Kier molecular flexibility index (Phi) is 4.18. The number of nitrogens with zero attached hydrogens (tertiary/aromatic N) is 1. The van der Waals surface area contributed by atoms with E-state index in [1.165, 1.54) is 0 Å². The number of amides is 1. The van der Waals surface area contributed by atoms with Crippen molar-refractivity contribution in [1.82, 2.24) is 10.2 Å². The molecule has 1 aliphatic heterocycles. The van der Waals surface area contributed by atoms with Gasteiger partial charge in [0, 0.05) is 19.6 Å². The first-order valence-corrected chi connectivity index (χ1v) is 4.90. The van der Waals surface area contributed by atoms with Gasteiger partial charge in [0.05, 0.1) is 5.92 Å². The average molecular weight is 185 g/mol. The number of nitrogens with one attached hydrogen (secondary N) is 1. The molecule has 0 bridgehead atoms. The fraction of sp³-hybridized carbons (Fsp3) is 0.889. The molecule has 1 saturated heterocycles. The number of carbonyl (C=O) groups excluding carboxylic acids is 1. The van der Waals surface area contributed by atoms with Crippen molar-refractivity contribution in [3.8, 4) is 0 Å². The number of carbonyl (C=O) groups is 1. The van der Waals surface area contributed by atoms with E-state index in [2.05, 4.69) is 17.3 Å². The molecule has 3 N–H and O–H groups in total. The highest BCUT2D eigenvalue weighted by Gasteiger charge is 2.23. The highest BCUT2D eigenvalue weighted by molar-refractivity contribution is 5.78. The minimum absolute atomic E-state index is 0.164. The number of piperidine rings is 1. The molecule has 4 heteroatoms. The van der Waals surface area contributed by atoms with Gasteiger partial charge in [-0.2, -0.15) is 0 Å². The maximum absolute atomic E-state index is 11.5. The molecule has 1 amide bonds. The lowest BCUT2D eigenvalue weighted by atomic mass is 9.98. The highest BCUT2D eigenvalue weighted by Crippen LogP contribution is 2.14. The third-order valence-electron chi connectivity index (χ3n) is 2.44. The Morgan fingerprint density at radius 3 is 3.08 bits per heavy atom. The van der Waals surface area contributed by atoms with Gasteiger partial charge in [0.25, 0.3) is 0 Å². The van der Waals surface area contributed by atoms with Gasteiger partial charge in [-0.05, 0) is 26.4 Å². The van der Waals surface area contributed by atoms with Crippen molar-refractivity contribution in [2.24, 2.45) is 11.7 Å². The van der Waals surface area contributed by atoms with Crippen LogP contribution < -0.4 is 11.1 Å². The number of nitrogens with two attached hydrogens (primary N) is 1. The van der Waals surface area contributed by atoms with Crippen LogP contribution in [0.3, 0.4) is 0 Å². The molecule has 0 saturated carbocycles. The standard InChI is InChI=1S/C9H19N3O/c1-12-6-2-3-8(7-12)9(13)11-5-4-10/h8H,2-7,10H2,1H3,(H,11,13). The summed E-state index contributed by atoms with van der Waals surface area (Å²) in [5.74, 6) is 0.335. The van der Waals surface area contributed by atoms with Crippen LogP contribution in [0.25, 0.3) is 0 Å². The Morgan fingerprint density at radius 2 is 2.46 bits per heavy atom. The normalized spacial score (nSPS) is 24.3. The molecule has 1 rings (SSSR count). The lowest BCUT2D eigenvalue weighted by Crippen LogP contribution is -2.42. The van der Waals surface area contributed by atoms with Crippen molar-refractivity contribution >= 4 is 5.91 Å². The molecule has 1 unspecified atom stereocenters. The van der Waals surface area contributed by atoms with Crippen LogP contribution in [0.1, 0.15) is 12.8 Å². The first-order valence-electron chi connectivity index (χ1n) is 4.90. The Morgan fingerprint density at radius 1 is 1.69 bits per heavy atom. The molecule has 0 radical (unpaired) electrons. The van der Waals surface area contributed by atoms with Crippen molar-refractivity contribution in [3.05, 3.63) is 0 Å². The second-order valence-corrected chi connectivity index (χ2v) is 3.68. The summed E-state index contributed by atoms with van der Waals surface area (Å²) in [6, 6.07) is 0. The Hall–Kier alpha value is -0.610. The van der Waals surface area contributed by atoms with E-state index >= 15 is 0 Å². The van der Waals surface area contributed by atoms with E-state index in [0.717, 1.165) is 25.9 Å². The zero-order valence-electron chi connectivity index (χ0n) is 8.25. The minimum atomic E-state index is 0.164. The van der Waals surface area contributed by atoms with Gasteiger partial charge in [-0.15, -0.1) is 0 Å². The molecule has 1 atom stereocenters. The van der Waals surface area contributed by atoms with Crippen molar-refractivity contribution < 1.29 is 4.79 Å². The van der Waals surface area contributed by atoms with E-state index in [9.17, 15) is 4.79 Å². The van der Waals surface area contributed by atoms with E-state index in [-0.39, 0.29) is 11.8 Å². The van der Waals surface area contributed by atoms with Gasteiger partial charge < -0.3 is 16.0 Å². The van der Waals surface area contributed by atoms with E-state index in [1.54, 1.807) is 0 Å². The minimum Gasteiger partial charge on any atom is -0.355 e. The number of hydrogen-bond donors (Lipinski definition) is 2. The number of rotatable bonds is 3. The van der Waals surface area contributed by atoms with Crippen LogP contribution in [0.4, 0.5) is 0 Å². The molecule has 76 valence electrons. The Balaban J connectivity index is 2.28. The third kappa shape index (κ3) is 3.32. The summed E-state index contributed by atoms with van der Waals surface area (Å²) in [4.78, 5) is 13.7. The smallest absolute Gasteiger partial charge is 0.224 e. The van der Waals surface area contributed by atoms with Gasteiger partial charge in [0.15, 0.2) is 0 Å². The maximum atomic E-state index is 11.5. The van der Waals surface area contributed by atoms with Crippen molar-refractivity contribution in [2.45, 2.75) is 12.8 Å². The summed E-state index contributed by atoms with van der Waals surface area (Å²) < 4.78 is 0. The van der Waals surface area contributed by atoms with Gasteiger partial charge in [-0.3, -0.25) is 4.79 Å². The fourth-order valence-electron chi connectivity index (χ4n) is 1.72. The summed E-state index contributed by atoms with van der Waals surface area (Å²) in [6.45, 7) is 3.12. The van der Waals surface area contributed by atoms with Gasteiger partial charge in [0.1, 0.15) is 0 Å². The van der Waals surface area contributed by atoms with Crippen LogP contribution in [0.15, 0.2) is 0 Å². The molecule has 4 nitrogen and oxygen atoms in total. The number of hydrogen-bond acceptors (Lipinski definition) is 3. The molecular weight excluding hydrogens is 166 g/mol. The zero-order chi connectivity index (χ0) is 9.68. The van der Waals surface area contributed by atoms with E-state index in [0.29, 0.717) is 13.1 Å².